The van der Waals surface area contributed by atoms with Crippen molar-refractivity contribution in [2.45, 2.75) is 43.9 Å². The molecule has 0 aliphatic heterocycles. The minimum atomic E-state index is -0.115. The zero-order chi connectivity index (χ0) is 19.9. The summed E-state index contributed by atoms with van der Waals surface area (Å²) in [7, 11) is 0. The van der Waals surface area contributed by atoms with E-state index < -0.39 is 0 Å². The summed E-state index contributed by atoms with van der Waals surface area (Å²) in [5, 5.41) is 0. The molecule has 0 saturated heterocycles. The summed E-state index contributed by atoms with van der Waals surface area (Å²) in [5.74, 6) is 1.23. The largest absolute Gasteiger partial charge is 0.165 e. The second-order valence-corrected chi connectivity index (χ2v) is 8.99. The van der Waals surface area contributed by atoms with Crippen LogP contribution in [0.15, 0.2) is 91.0 Å². The van der Waals surface area contributed by atoms with Crippen molar-refractivity contribution in [1.29, 1.82) is 0 Å². The van der Waals surface area contributed by atoms with Crippen LogP contribution in [0.3, 0.4) is 0 Å². The van der Waals surface area contributed by atoms with Crippen molar-refractivity contribution in [3.63, 3.8) is 0 Å². The van der Waals surface area contributed by atoms with Gasteiger partial charge in [-0.05, 0) is 41.5 Å². The highest BCUT2D eigenvalue weighted by atomic mass is 32.2. The lowest BCUT2D eigenvalue weighted by Gasteiger charge is -2.48. The number of hydrogen-bond acceptors (Lipinski definition) is 1. The fraction of sp³-hybridized carbons (Fsp3) is 0.333. The molecule has 0 N–H and O–H groups in total. The second-order valence-electron chi connectivity index (χ2n) is 8.01. The van der Waals surface area contributed by atoms with Gasteiger partial charge in [0.25, 0.3) is 0 Å². The highest BCUT2D eigenvalue weighted by Crippen LogP contribution is 2.51. The third kappa shape index (κ3) is 4.05. The van der Waals surface area contributed by atoms with E-state index in [9.17, 15) is 0 Å². The van der Waals surface area contributed by atoms with Crippen LogP contribution in [0.5, 0.6) is 0 Å². The molecule has 0 spiro atoms. The van der Waals surface area contributed by atoms with Gasteiger partial charge in [0.2, 0.25) is 0 Å². The van der Waals surface area contributed by atoms with Gasteiger partial charge in [-0.25, -0.2) is 0 Å². The molecule has 0 heterocycles. The minimum absolute atomic E-state index is 0.00459. The molecule has 0 aromatic heterocycles. The Hall–Kier alpha value is -1.99. The molecule has 146 valence electrons. The monoisotopic (exact) mass is 388 g/mol. The van der Waals surface area contributed by atoms with Crippen LogP contribution in [0, 0.1) is 0 Å². The van der Waals surface area contributed by atoms with Gasteiger partial charge in [0.1, 0.15) is 0 Å². The second kappa shape index (κ2) is 9.47. The van der Waals surface area contributed by atoms with E-state index in [2.05, 4.69) is 111 Å². The summed E-state index contributed by atoms with van der Waals surface area (Å²) in [4.78, 5) is 0. The molecule has 0 aliphatic rings. The van der Waals surface area contributed by atoms with Gasteiger partial charge in [-0.15, -0.1) is 0 Å². The van der Waals surface area contributed by atoms with Crippen LogP contribution in [0.1, 0.15) is 49.8 Å². The van der Waals surface area contributed by atoms with Gasteiger partial charge in [0.15, 0.2) is 0 Å². The lowest BCUT2D eigenvalue weighted by molar-refractivity contribution is 0.273. The molecule has 1 heteroatoms. The van der Waals surface area contributed by atoms with Crippen LogP contribution in [-0.4, -0.2) is 12.0 Å². The van der Waals surface area contributed by atoms with E-state index in [0.717, 1.165) is 6.42 Å². The lowest BCUT2D eigenvalue weighted by Crippen LogP contribution is -2.46. The highest BCUT2D eigenvalue weighted by Gasteiger charge is 2.47. The Morgan fingerprint density at radius 1 is 0.607 bits per heavy atom. The third-order valence-electron chi connectivity index (χ3n) is 6.49. The van der Waals surface area contributed by atoms with Gasteiger partial charge in [0, 0.05) is 10.8 Å². The van der Waals surface area contributed by atoms with Crippen LogP contribution < -0.4 is 0 Å². The number of unbranched alkanes of at least 4 members (excludes halogenated alkanes) is 1. The summed E-state index contributed by atoms with van der Waals surface area (Å²) in [6.07, 6.45) is 5.87. The molecule has 0 fully saturated rings. The molecule has 0 nitrogen and oxygen atoms in total. The van der Waals surface area contributed by atoms with E-state index in [1.807, 2.05) is 11.8 Å². The average Bonchev–Trinajstić information content (AvgIpc) is 2.77. The van der Waals surface area contributed by atoms with Gasteiger partial charge in [0.05, 0.1) is 0 Å². The van der Waals surface area contributed by atoms with E-state index in [1.54, 1.807) is 0 Å². The molecule has 0 bridgehead atoms. The van der Waals surface area contributed by atoms with Gasteiger partial charge < -0.3 is 0 Å². The predicted molar refractivity (Wildman–Crippen MR) is 125 cm³/mol. The molecule has 0 amide bonds. The summed E-state index contributed by atoms with van der Waals surface area (Å²) in [6, 6.07) is 33.3. The van der Waals surface area contributed by atoms with Crippen molar-refractivity contribution in [1.82, 2.24) is 0 Å². The van der Waals surface area contributed by atoms with Crippen molar-refractivity contribution < 1.29 is 0 Å². The maximum absolute atomic E-state index is 2.47. The maximum atomic E-state index is 2.47. The number of thioether (sulfide) groups is 1. The van der Waals surface area contributed by atoms with Crippen LogP contribution in [-0.2, 0) is 10.8 Å². The SMILES string of the molecule is CSCCCC[C@](C)(c1ccccc1)C(C)(c1ccccc1)c1ccccc1. The fourth-order valence-electron chi connectivity index (χ4n) is 4.56. The first kappa shape index (κ1) is 20.7. The smallest absolute Gasteiger partial charge is 0.0268 e. The van der Waals surface area contributed by atoms with Crippen LogP contribution in [0.2, 0.25) is 0 Å². The summed E-state index contributed by atoms with van der Waals surface area (Å²) >= 11 is 1.95. The van der Waals surface area contributed by atoms with Crippen molar-refractivity contribution in [3.8, 4) is 0 Å². The van der Waals surface area contributed by atoms with Gasteiger partial charge in [-0.2, -0.15) is 11.8 Å². The van der Waals surface area contributed by atoms with E-state index in [-0.39, 0.29) is 10.8 Å². The van der Waals surface area contributed by atoms with E-state index >= 15 is 0 Å². The molecule has 3 aromatic rings. The van der Waals surface area contributed by atoms with Crippen molar-refractivity contribution in [2.24, 2.45) is 0 Å². The average molecular weight is 389 g/mol. The third-order valence-corrected chi connectivity index (χ3v) is 7.19. The molecule has 3 rings (SSSR count). The molecule has 1 atom stereocenters. The fourth-order valence-corrected chi connectivity index (χ4v) is 5.05. The van der Waals surface area contributed by atoms with Crippen molar-refractivity contribution in [3.05, 3.63) is 108 Å². The highest BCUT2D eigenvalue weighted by molar-refractivity contribution is 7.98. The topological polar surface area (TPSA) is 0 Å². The van der Waals surface area contributed by atoms with E-state index in [0.29, 0.717) is 0 Å². The van der Waals surface area contributed by atoms with Crippen LogP contribution in [0.4, 0.5) is 0 Å². The lowest BCUT2D eigenvalue weighted by atomic mass is 9.54. The van der Waals surface area contributed by atoms with Crippen LogP contribution >= 0.6 is 11.8 Å². The molecular weight excluding hydrogens is 356 g/mol. The first-order valence-corrected chi connectivity index (χ1v) is 11.7. The molecular formula is C27H32S. The van der Waals surface area contributed by atoms with Gasteiger partial charge >= 0.3 is 0 Å². The Bertz CT molecular complexity index is 786. The van der Waals surface area contributed by atoms with E-state index in [1.165, 1.54) is 35.3 Å². The first-order valence-electron chi connectivity index (χ1n) is 10.3. The predicted octanol–water partition coefficient (Wildman–Crippen LogP) is 7.48. The zero-order valence-corrected chi connectivity index (χ0v) is 18.2. The normalized spacial score (nSPS) is 13.8. The van der Waals surface area contributed by atoms with E-state index in [4.69, 9.17) is 0 Å². The number of benzene rings is 3. The molecule has 0 saturated carbocycles. The minimum Gasteiger partial charge on any atom is -0.165 e. The Balaban J connectivity index is 2.17. The standard InChI is InChI=1S/C27H32S/c1-26(21-13-14-22-28-3,23-15-7-4-8-16-23)27(2,24-17-9-5-10-18-24)25-19-11-6-12-20-25/h4-12,15-20H,13-14,21-22H2,1-3H3/t26-/m1/s1. The summed E-state index contributed by atoms with van der Waals surface area (Å²) in [6.45, 7) is 4.92. The Kier molecular flexibility index (Phi) is 7.02. The summed E-state index contributed by atoms with van der Waals surface area (Å²) < 4.78 is 0. The Labute approximate surface area is 175 Å². The molecule has 0 unspecified atom stereocenters. The van der Waals surface area contributed by atoms with Crippen molar-refractivity contribution >= 4 is 11.8 Å². The number of hydrogen-bond donors (Lipinski definition) is 0. The summed E-state index contributed by atoms with van der Waals surface area (Å²) in [5.41, 5.74) is 4.08. The molecule has 0 aliphatic carbocycles. The zero-order valence-electron chi connectivity index (χ0n) is 17.4. The Morgan fingerprint density at radius 3 is 1.46 bits per heavy atom. The van der Waals surface area contributed by atoms with Gasteiger partial charge in [-0.3, -0.25) is 0 Å². The molecule has 28 heavy (non-hydrogen) atoms. The molecule has 0 radical (unpaired) electrons. The Morgan fingerprint density at radius 2 is 1.04 bits per heavy atom. The maximum Gasteiger partial charge on any atom is 0.0268 e. The quantitative estimate of drug-likeness (QED) is 0.342. The number of rotatable bonds is 9. The first-order chi connectivity index (χ1) is 13.6. The van der Waals surface area contributed by atoms with Crippen LogP contribution in [0.25, 0.3) is 0 Å². The van der Waals surface area contributed by atoms with Gasteiger partial charge in [-0.1, -0.05) is 111 Å². The van der Waals surface area contributed by atoms with Crippen molar-refractivity contribution in [2.75, 3.05) is 12.0 Å². The molecule has 3 aromatic carbocycles.